The quantitative estimate of drug-likeness (QED) is 0.851. The van der Waals surface area contributed by atoms with Crippen LogP contribution in [0.15, 0.2) is 12.5 Å². The Kier molecular flexibility index (Phi) is 4.57. The molecular formula is C13H23N3O. The number of rotatable bonds is 5. The highest BCUT2D eigenvalue weighted by Crippen LogP contribution is 2.20. The van der Waals surface area contributed by atoms with Crippen molar-refractivity contribution in [2.24, 2.45) is 5.92 Å². The third kappa shape index (κ3) is 3.54. The maximum Gasteiger partial charge on any atom is 0.0952 e. The summed E-state index contributed by atoms with van der Waals surface area (Å²) in [6.07, 6.45) is 6.25. The molecule has 1 aliphatic rings. The first kappa shape index (κ1) is 12.6. The monoisotopic (exact) mass is 237 g/mol. The van der Waals surface area contributed by atoms with Gasteiger partial charge in [0, 0.05) is 19.3 Å². The summed E-state index contributed by atoms with van der Waals surface area (Å²) in [6, 6.07) is 0.474. The lowest BCUT2D eigenvalue weighted by molar-refractivity contribution is 0.0581. The van der Waals surface area contributed by atoms with Gasteiger partial charge in [-0.25, -0.2) is 4.98 Å². The number of hydrogen-bond acceptors (Lipinski definition) is 3. The molecule has 1 aliphatic heterocycles. The van der Waals surface area contributed by atoms with Crippen molar-refractivity contribution in [2.75, 3.05) is 19.8 Å². The molecule has 4 nitrogen and oxygen atoms in total. The Labute approximate surface area is 103 Å². The largest absolute Gasteiger partial charge is 0.379 e. The summed E-state index contributed by atoms with van der Waals surface area (Å²) in [6.45, 7) is 8.12. The normalized spacial score (nSPS) is 21.0. The molecule has 0 saturated carbocycles. The van der Waals surface area contributed by atoms with E-state index in [1.54, 1.807) is 0 Å². The first-order valence-electron chi connectivity index (χ1n) is 6.56. The summed E-state index contributed by atoms with van der Waals surface area (Å²) in [5.74, 6) is 0.685. The lowest BCUT2D eigenvalue weighted by Gasteiger charge is -2.25. The molecule has 17 heavy (non-hydrogen) atoms. The zero-order valence-corrected chi connectivity index (χ0v) is 10.9. The van der Waals surface area contributed by atoms with Gasteiger partial charge in [0.1, 0.15) is 0 Å². The van der Waals surface area contributed by atoms with E-state index in [0.29, 0.717) is 12.0 Å². The number of nitrogens with zero attached hydrogens (tertiary/aromatic N) is 2. The van der Waals surface area contributed by atoms with Crippen molar-refractivity contribution in [1.29, 1.82) is 0 Å². The van der Waals surface area contributed by atoms with E-state index in [4.69, 9.17) is 4.74 Å². The van der Waals surface area contributed by atoms with Gasteiger partial charge >= 0.3 is 0 Å². The van der Waals surface area contributed by atoms with Gasteiger partial charge in [0.05, 0.1) is 24.7 Å². The van der Waals surface area contributed by atoms with Gasteiger partial charge in [-0.2, -0.15) is 0 Å². The summed E-state index contributed by atoms with van der Waals surface area (Å²) in [5, 5.41) is 3.47. The van der Waals surface area contributed by atoms with E-state index >= 15 is 0 Å². The summed E-state index contributed by atoms with van der Waals surface area (Å²) >= 11 is 0. The van der Waals surface area contributed by atoms with Gasteiger partial charge in [-0.1, -0.05) is 13.8 Å². The van der Waals surface area contributed by atoms with E-state index in [1.165, 1.54) is 12.1 Å². The molecule has 0 bridgehead atoms. The second kappa shape index (κ2) is 6.17. The van der Waals surface area contributed by atoms with Crippen LogP contribution >= 0.6 is 0 Å². The molecule has 2 rings (SSSR count). The highest BCUT2D eigenvalue weighted by Gasteiger charge is 2.17. The number of nitrogens with one attached hydrogen (secondary N) is 1. The van der Waals surface area contributed by atoms with Crippen LogP contribution in [-0.2, 0) is 11.3 Å². The van der Waals surface area contributed by atoms with Crippen molar-refractivity contribution < 1.29 is 4.74 Å². The predicted octanol–water partition coefficient (Wildman–Crippen LogP) is 1.98. The van der Waals surface area contributed by atoms with Crippen LogP contribution in [-0.4, -0.2) is 29.3 Å². The first-order chi connectivity index (χ1) is 8.27. The molecule has 2 heterocycles. The molecule has 1 atom stereocenters. The predicted molar refractivity (Wildman–Crippen MR) is 67.9 cm³/mol. The van der Waals surface area contributed by atoms with Crippen LogP contribution in [0.4, 0.5) is 0 Å². The van der Waals surface area contributed by atoms with Gasteiger partial charge < -0.3 is 14.6 Å². The zero-order chi connectivity index (χ0) is 12.1. The highest BCUT2D eigenvalue weighted by molar-refractivity contribution is 5.00. The molecule has 0 spiro atoms. The van der Waals surface area contributed by atoms with E-state index in [2.05, 4.69) is 28.7 Å². The van der Waals surface area contributed by atoms with Gasteiger partial charge in [0.15, 0.2) is 0 Å². The Morgan fingerprint density at radius 3 is 3.18 bits per heavy atom. The lowest BCUT2D eigenvalue weighted by Crippen LogP contribution is -2.25. The van der Waals surface area contributed by atoms with Crippen LogP contribution in [0.3, 0.4) is 0 Å². The van der Waals surface area contributed by atoms with Gasteiger partial charge in [0.2, 0.25) is 0 Å². The second-order valence-corrected chi connectivity index (χ2v) is 5.19. The summed E-state index contributed by atoms with van der Waals surface area (Å²) in [7, 11) is 0. The minimum absolute atomic E-state index is 0.474. The van der Waals surface area contributed by atoms with E-state index in [9.17, 15) is 0 Å². The Morgan fingerprint density at radius 2 is 2.47 bits per heavy atom. The van der Waals surface area contributed by atoms with Gasteiger partial charge in [0.25, 0.3) is 0 Å². The standard InChI is InChI=1S/C13H23N3O/c1-11(2)6-14-7-13-8-15-10-16(13)12-4-3-5-17-9-12/h8,10-12,14H,3-7,9H2,1-2H3. The third-order valence-electron chi connectivity index (χ3n) is 3.13. The average molecular weight is 237 g/mol. The van der Waals surface area contributed by atoms with Crippen molar-refractivity contribution in [3.63, 3.8) is 0 Å². The molecule has 0 radical (unpaired) electrons. The molecule has 1 aromatic rings. The van der Waals surface area contributed by atoms with Crippen molar-refractivity contribution in [1.82, 2.24) is 14.9 Å². The van der Waals surface area contributed by atoms with Gasteiger partial charge in [-0.3, -0.25) is 0 Å². The van der Waals surface area contributed by atoms with Crippen LogP contribution < -0.4 is 5.32 Å². The van der Waals surface area contributed by atoms with Crippen LogP contribution in [0, 0.1) is 5.92 Å². The molecule has 1 unspecified atom stereocenters. The van der Waals surface area contributed by atoms with E-state index in [-0.39, 0.29) is 0 Å². The zero-order valence-electron chi connectivity index (χ0n) is 10.9. The topological polar surface area (TPSA) is 39.1 Å². The number of aromatic nitrogens is 2. The molecular weight excluding hydrogens is 214 g/mol. The summed E-state index contributed by atoms with van der Waals surface area (Å²) in [5.41, 5.74) is 1.26. The van der Waals surface area contributed by atoms with E-state index in [1.807, 2.05) is 12.5 Å². The highest BCUT2D eigenvalue weighted by atomic mass is 16.5. The molecule has 96 valence electrons. The first-order valence-corrected chi connectivity index (χ1v) is 6.56. The average Bonchev–Trinajstić information content (AvgIpc) is 2.78. The maximum atomic E-state index is 5.53. The minimum atomic E-state index is 0.474. The van der Waals surface area contributed by atoms with Gasteiger partial charge in [-0.15, -0.1) is 0 Å². The Hall–Kier alpha value is -0.870. The van der Waals surface area contributed by atoms with E-state index in [0.717, 1.165) is 32.7 Å². The molecule has 1 aromatic heterocycles. The minimum Gasteiger partial charge on any atom is -0.379 e. The summed E-state index contributed by atoms with van der Waals surface area (Å²) in [4.78, 5) is 4.26. The Balaban J connectivity index is 1.91. The molecule has 0 aromatic carbocycles. The van der Waals surface area contributed by atoms with Crippen molar-refractivity contribution in [2.45, 2.75) is 39.3 Å². The Morgan fingerprint density at radius 1 is 1.59 bits per heavy atom. The van der Waals surface area contributed by atoms with Crippen LogP contribution in [0.25, 0.3) is 0 Å². The summed E-state index contributed by atoms with van der Waals surface area (Å²) < 4.78 is 7.80. The van der Waals surface area contributed by atoms with E-state index < -0.39 is 0 Å². The molecule has 1 saturated heterocycles. The molecule has 4 heteroatoms. The van der Waals surface area contributed by atoms with Crippen LogP contribution in [0.1, 0.15) is 38.4 Å². The molecule has 0 aliphatic carbocycles. The lowest BCUT2D eigenvalue weighted by atomic mass is 10.1. The molecule has 0 amide bonds. The maximum absolute atomic E-state index is 5.53. The van der Waals surface area contributed by atoms with Crippen molar-refractivity contribution in [3.8, 4) is 0 Å². The van der Waals surface area contributed by atoms with Crippen molar-refractivity contribution in [3.05, 3.63) is 18.2 Å². The number of hydrogen-bond donors (Lipinski definition) is 1. The third-order valence-corrected chi connectivity index (χ3v) is 3.13. The second-order valence-electron chi connectivity index (χ2n) is 5.19. The number of imidazole rings is 1. The fourth-order valence-electron chi connectivity index (χ4n) is 2.23. The molecule has 1 N–H and O–H groups in total. The number of ether oxygens (including phenoxy) is 1. The van der Waals surface area contributed by atoms with Crippen molar-refractivity contribution >= 4 is 0 Å². The fraction of sp³-hybridized carbons (Fsp3) is 0.769. The van der Waals surface area contributed by atoms with Crippen LogP contribution in [0.2, 0.25) is 0 Å². The molecule has 1 fully saturated rings. The fourth-order valence-corrected chi connectivity index (χ4v) is 2.23. The smallest absolute Gasteiger partial charge is 0.0952 e. The van der Waals surface area contributed by atoms with Gasteiger partial charge in [-0.05, 0) is 25.3 Å². The van der Waals surface area contributed by atoms with Crippen LogP contribution in [0.5, 0.6) is 0 Å². The Bertz CT molecular complexity index is 329. The SMILES string of the molecule is CC(C)CNCc1cncn1C1CCCOC1.